The summed E-state index contributed by atoms with van der Waals surface area (Å²) in [7, 11) is -1.41. The fourth-order valence-corrected chi connectivity index (χ4v) is 3.13. The van der Waals surface area contributed by atoms with E-state index in [-0.39, 0.29) is 24.5 Å². The summed E-state index contributed by atoms with van der Waals surface area (Å²) in [4.78, 5) is 0. The number of rotatable bonds is 6. The van der Waals surface area contributed by atoms with Crippen LogP contribution in [0.4, 0.5) is 8.78 Å². The lowest BCUT2D eigenvalue weighted by molar-refractivity contribution is -0.0163. The molecule has 1 aromatic carbocycles. The summed E-state index contributed by atoms with van der Waals surface area (Å²) in [6, 6.07) is 2.31. The zero-order chi connectivity index (χ0) is 14.8. The van der Waals surface area contributed by atoms with Crippen LogP contribution in [0.25, 0.3) is 0 Å². The molecule has 112 valence electrons. The molecule has 0 amide bonds. The van der Waals surface area contributed by atoms with Crippen LogP contribution in [0.5, 0.6) is 5.75 Å². The molecule has 0 spiro atoms. The number of benzene rings is 1. The fraction of sp³-hybridized carbons (Fsp3) is 0.571. The minimum atomic E-state index is -1.41. The number of hydrogen-bond donors (Lipinski definition) is 0. The molecule has 1 atom stereocenters. The molecular weight excluding hydrogens is 286 g/mol. The Morgan fingerprint density at radius 2 is 1.95 bits per heavy atom. The lowest BCUT2D eigenvalue weighted by atomic mass is 9.95. The van der Waals surface area contributed by atoms with Gasteiger partial charge in [0.2, 0.25) is 0 Å². The number of unbranched alkanes of at least 4 members (excludes halogenated alkanes) is 1. The van der Waals surface area contributed by atoms with E-state index in [0.29, 0.717) is 6.61 Å². The van der Waals surface area contributed by atoms with E-state index in [2.05, 4.69) is 0 Å². The van der Waals surface area contributed by atoms with Crippen molar-refractivity contribution in [3.05, 3.63) is 29.3 Å². The third-order valence-corrected chi connectivity index (χ3v) is 5.00. The Kier molecular flexibility index (Phi) is 4.75. The van der Waals surface area contributed by atoms with Gasteiger partial charge in [0.15, 0.2) is 0 Å². The van der Waals surface area contributed by atoms with Crippen molar-refractivity contribution in [3.63, 3.8) is 0 Å². The van der Waals surface area contributed by atoms with Crippen LogP contribution in [0.1, 0.15) is 25.3 Å². The lowest BCUT2D eigenvalue weighted by Crippen LogP contribution is -2.51. The van der Waals surface area contributed by atoms with Crippen molar-refractivity contribution in [2.45, 2.75) is 24.5 Å². The van der Waals surface area contributed by atoms with Gasteiger partial charge in [-0.15, -0.1) is 0 Å². The molecule has 0 aliphatic carbocycles. The predicted octanol–water partition coefficient (Wildman–Crippen LogP) is 2.75. The van der Waals surface area contributed by atoms with E-state index < -0.39 is 27.2 Å². The van der Waals surface area contributed by atoms with Crippen LogP contribution in [-0.2, 0) is 20.3 Å². The molecule has 0 aromatic heterocycles. The molecule has 0 radical (unpaired) electrons. The molecule has 1 saturated heterocycles. The van der Waals surface area contributed by atoms with Crippen molar-refractivity contribution in [2.24, 2.45) is 0 Å². The molecule has 0 bridgehead atoms. The van der Waals surface area contributed by atoms with Gasteiger partial charge in [-0.1, -0.05) is 13.3 Å². The van der Waals surface area contributed by atoms with Crippen LogP contribution in [0.2, 0.25) is 0 Å². The van der Waals surface area contributed by atoms with Crippen LogP contribution in [0, 0.1) is 11.6 Å². The van der Waals surface area contributed by atoms with Crippen LogP contribution in [0.3, 0.4) is 0 Å². The summed E-state index contributed by atoms with van der Waals surface area (Å²) in [5, 5.41) is 0. The van der Waals surface area contributed by atoms with Crippen LogP contribution in [-0.4, -0.2) is 30.3 Å². The molecule has 1 fully saturated rings. The fourth-order valence-electron chi connectivity index (χ4n) is 2.14. The highest BCUT2D eigenvalue weighted by Gasteiger charge is 2.48. The second kappa shape index (κ2) is 6.18. The predicted molar refractivity (Wildman–Crippen MR) is 73.3 cm³/mol. The number of hydrogen-bond acceptors (Lipinski definition) is 3. The van der Waals surface area contributed by atoms with Crippen molar-refractivity contribution in [3.8, 4) is 5.75 Å². The first-order chi connectivity index (χ1) is 9.51. The average molecular weight is 304 g/mol. The second-order valence-corrected chi connectivity index (χ2v) is 6.59. The molecule has 6 heteroatoms. The molecule has 1 unspecified atom stereocenters. The summed E-state index contributed by atoms with van der Waals surface area (Å²) >= 11 is 0. The van der Waals surface area contributed by atoms with Crippen LogP contribution in [0.15, 0.2) is 12.1 Å². The first-order valence-electron chi connectivity index (χ1n) is 6.55. The van der Waals surface area contributed by atoms with Crippen molar-refractivity contribution >= 4 is 10.8 Å². The molecule has 20 heavy (non-hydrogen) atoms. The van der Waals surface area contributed by atoms with E-state index >= 15 is 0 Å². The minimum absolute atomic E-state index is 0.0694. The first-order valence-corrected chi connectivity index (χ1v) is 8.10. The van der Waals surface area contributed by atoms with Gasteiger partial charge in [0.05, 0.1) is 19.8 Å². The number of ether oxygens (including phenoxy) is 2. The highest BCUT2D eigenvalue weighted by molar-refractivity contribution is 7.85. The van der Waals surface area contributed by atoms with Crippen molar-refractivity contribution in [2.75, 3.05) is 26.1 Å². The second-order valence-electron chi connectivity index (χ2n) is 4.91. The van der Waals surface area contributed by atoms with Crippen LogP contribution >= 0.6 is 0 Å². The summed E-state index contributed by atoms with van der Waals surface area (Å²) in [6.45, 7) is 2.56. The molecular formula is C14H18F2O3S. The van der Waals surface area contributed by atoms with E-state index in [1.54, 1.807) is 0 Å². The maximum atomic E-state index is 14.2. The van der Waals surface area contributed by atoms with Gasteiger partial charge in [0.25, 0.3) is 0 Å². The van der Waals surface area contributed by atoms with Gasteiger partial charge in [0.1, 0.15) is 22.1 Å². The quantitative estimate of drug-likeness (QED) is 0.758. The molecule has 0 saturated carbocycles. The highest BCUT2D eigenvalue weighted by Crippen LogP contribution is 2.39. The molecule has 1 aliphatic heterocycles. The smallest absolute Gasteiger partial charge is 0.134 e. The molecule has 2 rings (SSSR count). The van der Waals surface area contributed by atoms with E-state index in [4.69, 9.17) is 9.47 Å². The Hall–Kier alpha value is -1.01. The molecule has 0 N–H and O–H groups in total. The van der Waals surface area contributed by atoms with Gasteiger partial charge in [-0.2, -0.15) is 0 Å². The summed E-state index contributed by atoms with van der Waals surface area (Å²) in [6.07, 6.45) is 3.20. The van der Waals surface area contributed by atoms with Crippen molar-refractivity contribution < 1.29 is 22.5 Å². The third-order valence-electron chi connectivity index (χ3n) is 3.46. The van der Waals surface area contributed by atoms with Gasteiger partial charge in [-0.25, -0.2) is 8.78 Å². The van der Waals surface area contributed by atoms with E-state index in [0.717, 1.165) is 25.0 Å². The van der Waals surface area contributed by atoms with Gasteiger partial charge in [-0.3, -0.25) is 4.21 Å². The topological polar surface area (TPSA) is 35.5 Å². The Balaban J connectivity index is 2.29. The van der Waals surface area contributed by atoms with Gasteiger partial charge < -0.3 is 9.47 Å². The van der Waals surface area contributed by atoms with Gasteiger partial charge in [-0.05, 0) is 6.42 Å². The standard InChI is InChI=1S/C14H18F2O3S/c1-3-4-5-19-10-6-11(15)13(12(16)7-10)14(20(2)17)8-18-9-14/h6-7H,3-5,8-9H2,1-2H3. The zero-order valence-corrected chi connectivity index (χ0v) is 12.4. The van der Waals surface area contributed by atoms with Crippen LogP contribution < -0.4 is 4.74 Å². The normalized spacial score (nSPS) is 18.4. The summed E-state index contributed by atoms with van der Waals surface area (Å²) < 4.78 is 49.4. The Bertz CT molecular complexity index is 492. The van der Waals surface area contributed by atoms with Gasteiger partial charge in [0, 0.05) is 34.8 Å². The first kappa shape index (κ1) is 15.4. The van der Waals surface area contributed by atoms with E-state index in [1.807, 2.05) is 6.92 Å². The SMILES string of the molecule is CCCCOc1cc(F)c(C2(S(C)=O)COC2)c(F)c1. The molecule has 1 heterocycles. The average Bonchev–Trinajstić information content (AvgIpc) is 2.31. The molecule has 3 nitrogen and oxygen atoms in total. The zero-order valence-electron chi connectivity index (χ0n) is 11.6. The maximum Gasteiger partial charge on any atom is 0.134 e. The Morgan fingerprint density at radius 3 is 2.35 bits per heavy atom. The van der Waals surface area contributed by atoms with E-state index in [9.17, 15) is 13.0 Å². The molecule has 1 aromatic rings. The minimum Gasteiger partial charge on any atom is -0.493 e. The van der Waals surface area contributed by atoms with E-state index in [1.165, 1.54) is 6.26 Å². The summed E-state index contributed by atoms with van der Waals surface area (Å²) in [5.74, 6) is -1.29. The highest BCUT2D eigenvalue weighted by atomic mass is 32.2. The largest absolute Gasteiger partial charge is 0.493 e. The third kappa shape index (κ3) is 2.72. The Labute approximate surface area is 119 Å². The lowest BCUT2D eigenvalue weighted by Gasteiger charge is -2.40. The maximum absolute atomic E-state index is 14.2. The monoisotopic (exact) mass is 304 g/mol. The summed E-state index contributed by atoms with van der Waals surface area (Å²) in [5.41, 5.74) is -0.160. The van der Waals surface area contributed by atoms with Crippen molar-refractivity contribution in [1.29, 1.82) is 0 Å². The molecule has 1 aliphatic rings. The van der Waals surface area contributed by atoms with Crippen molar-refractivity contribution in [1.82, 2.24) is 0 Å². The number of halogens is 2. The van der Waals surface area contributed by atoms with Gasteiger partial charge >= 0.3 is 0 Å². The Morgan fingerprint density at radius 1 is 1.35 bits per heavy atom.